The number of anilines is 1. The summed E-state index contributed by atoms with van der Waals surface area (Å²) in [7, 11) is 0. The quantitative estimate of drug-likeness (QED) is 0.888. The van der Waals surface area contributed by atoms with Crippen LogP contribution < -0.4 is 5.32 Å². The molecular weight excluding hydrogens is 316 g/mol. The number of aromatic nitrogens is 1. The number of amides is 1. The van der Waals surface area contributed by atoms with Crippen LogP contribution in [0, 0.1) is 0 Å². The van der Waals surface area contributed by atoms with Crippen LogP contribution in [0.1, 0.15) is 42.1 Å². The first kappa shape index (κ1) is 14.7. The third-order valence-corrected chi connectivity index (χ3v) is 3.75. The van der Waals surface area contributed by atoms with Gasteiger partial charge in [0.25, 0.3) is 5.91 Å². The standard InChI is InChI=1S/C16H17BrN2O/c1-3-11(2)14-6-4-5-7-15(14)19-16(20)12-8-13(17)10-18-9-12/h4-11H,3H2,1-2H3,(H,19,20). The normalized spacial score (nSPS) is 11.9. The summed E-state index contributed by atoms with van der Waals surface area (Å²) >= 11 is 3.32. The zero-order chi connectivity index (χ0) is 14.5. The summed E-state index contributed by atoms with van der Waals surface area (Å²) < 4.78 is 0.792. The van der Waals surface area contributed by atoms with E-state index in [0.717, 1.165) is 22.1 Å². The van der Waals surface area contributed by atoms with Crippen molar-refractivity contribution >= 4 is 27.5 Å². The zero-order valence-corrected chi connectivity index (χ0v) is 13.1. The Morgan fingerprint density at radius 1 is 1.35 bits per heavy atom. The van der Waals surface area contributed by atoms with Crippen LogP contribution in [0.2, 0.25) is 0 Å². The number of halogens is 1. The summed E-state index contributed by atoms with van der Waals surface area (Å²) in [5.74, 6) is 0.265. The van der Waals surface area contributed by atoms with Crippen LogP contribution in [-0.2, 0) is 0 Å². The van der Waals surface area contributed by atoms with Gasteiger partial charge >= 0.3 is 0 Å². The Kier molecular flexibility index (Phi) is 4.90. The van der Waals surface area contributed by atoms with Crippen molar-refractivity contribution in [2.24, 2.45) is 0 Å². The lowest BCUT2D eigenvalue weighted by Gasteiger charge is -2.15. The predicted octanol–water partition coefficient (Wildman–Crippen LogP) is 4.61. The minimum Gasteiger partial charge on any atom is -0.322 e. The van der Waals surface area contributed by atoms with Gasteiger partial charge in [0.05, 0.1) is 5.56 Å². The van der Waals surface area contributed by atoms with E-state index in [2.05, 4.69) is 46.1 Å². The lowest BCUT2D eigenvalue weighted by molar-refractivity contribution is 0.102. The summed E-state index contributed by atoms with van der Waals surface area (Å²) in [6.45, 7) is 4.30. The highest BCUT2D eigenvalue weighted by Crippen LogP contribution is 2.26. The van der Waals surface area contributed by atoms with Crippen molar-refractivity contribution in [3.8, 4) is 0 Å². The molecule has 2 rings (SSSR count). The molecule has 0 saturated carbocycles. The van der Waals surface area contributed by atoms with Crippen molar-refractivity contribution in [3.05, 3.63) is 58.3 Å². The molecule has 2 aromatic rings. The molecule has 1 atom stereocenters. The molecule has 3 nitrogen and oxygen atoms in total. The van der Waals surface area contributed by atoms with Crippen molar-refractivity contribution in [2.45, 2.75) is 26.2 Å². The van der Waals surface area contributed by atoms with E-state index < -0.39 is 0 Å². The molecule has 1 amide bonds. The second kappa shape index (κ2) is 6.66. The molecule has 20 heavy (non-hydrogen) atoms. The molecule has 0 radical (unpaired) electrons. The van der Waals surface area contributed by atoms with Crippen molar-refractivity contribution in [1.82, 2.24) is 4.98 Å². The van der Waals surface area contributed by atoms with Crippen LogP contribution >= 0.6 is 15.9 Å². The number of hydrogen-bond acceptors (Lipinski definition) is 2. The number of pyridine rings is 1. The molecule has 104 valence electrons. The van der Waals surface area contributed by atoms with E-state index in [0.29, 0.717) is 11.5 Å². The largest absolute Gasteiger partial charge is 0.322 e. The van der Waals surface area contributed by atoms with Crippen molar-refractivity contribution in [2.75, 3.05) is 5.32 Å². The fourth-order valence-electron chi connectivity index (χ4n) is 1.99. The molecule has 1 aromatic heterocycles. The van der Waals surface area contributed by atoms with E-state index in [9.17, 15) is 4.79 Å². The number of benzene rings is 1. The molecule has 0 saturated heterocycles. The second-order valence-electron chi connectivity index (χ2n) is 4.74. The predicted molar refractivity (Wildman–Crippen MR) is 85.0 cm³/mol. The Hall–Kier alpha value is -1.68. The molecule has 0 spiro atoms. The molecular formula is C16H17BrN2O. The Balaban J connectivity index is 2.24. The number of rotatable bonds is 4. The van der Waals surface area contributed by atoms with Crippen molar-refractivity contribution in [1.29, 1.82) is 0 Å². The van der Waals surface area contributed by atoms with E-state index >= 15 is 0 Å². The minimum absolute atomic E-state index is 0.144. The van der Waals surface area contributed by atoms with Crippen LogP contribution in [0.3, 0.4) is 0 Å². The first-order valence-electron chi connectivity index (χ1n) is 6.62. The van der Waals surface area contributed by atoms with Gasteiger partial charge in [-0.3, -0.25) is 9.78 Å². The van der Waals surface area contributed by atoms with Crippen LogP contribution in [0.15, 0.2) is 47.2 Å². The zero-order valence-electron chi connectivity index (χ0n) is 11.6. The maximum absolute atomic E-state index is 12.3. The number of hydrogen-bond donors (Lipinski definition) is 1. The highest BCUT2D eigenvalue weighted by molar-refractivity contribution is 9.10. The number of nitrogens with one attached hydrogen (secondary N) is 1. The third-order valence-electron chi connectivity index (χ3n) is 3.32. The molecule has 1 N–H and O–H groups in total. The molecule has 1 unspecified atom stereocenters. The number of carbonyl (C=O) groups excluding carboxylic acids is 1. The fraction of sp³-hybridized carbons (Fsp3) is 0.250. The molecule has 0 aliphatic rings. The number of carbonyl (C=O) groups is 1. The van der Waals surface area contributed by atoms with Crippen molar-refractivity contribution in [3.63, 3.8) is 0 Å². The Morgan fingerprint density at radius 3 is 2.80 bits per heavy atom. The average molecular weight is 333 g/mol. The van der Waals surface area contributed by atoms with Crippen LogP contribution in [-0.4, -0.2) is 10.9 Å². The Morgan fingerprint density at radius 2 is 2.10 bits per heavy atom. The number of nitrogens with zero attached hydrogens (tertiary/aromatic N) is 1. The third kappa shape index (κ3) is 3.45. The topological polar surface area (TPSA) is 42.0 Å². The summed E-state index contributed by atoms with van der Waals surface area (Å²) in [5, 5.41) is 2.97. The molecule has 1 aromatic carbocycles. The lowest BCUT2D eigenvalue weighted by Crippen LogP contribution is -2.14. The maximum atomic E-state index is 12.3. The van der Waals surface area contributed by atoms with E-state index in [1.54, 1.807) is 18.5 Å². The smallest absolute Gasteiger partial charge is 0.257 e. The molecule has 0 aliphatic heterocycles. The van der Waals surface area contributed by atoms with Gasteiger partial charge < -0.3 is 5.32 Å². The number of para-hydroxylation sites is 1. The van der Waals surface area contributed by atoms with Gasteiger partial charge in [-0.2, -0.15) is 0 Å². The van der Waals surface area contributed by atoms with Gasteiger partial charge in [-0.1, -0.05) is 32.0 Å². The van der Waals surface area contributed by atoms with Crippen molar-refractivity contribution < 1.29 is 4.79 Å². The summed E-state index contributed by atoms with van der Waals surface area (Å²) in [6, 6.07) is 9.68. The van der Waals surface area contributed by atoms with Gasteiger partial charge in [0.2, 0.25) is 0 Å². The monoisotopic (exact) mass is 332 g/mol. The first-order chi connectivity index (χ1) is 9.61. The van der Waals surface area contributed by atoms with E-state index in [4.69, 9.17) is 0 Å². The summed E-state index contributed by atoms with van der Waals surface area (Å²) in [6.07, 6.45) is 4.25. The van der Waals surface area contributed by atoms with Gasteiger partial charge in [-0.05, 0) is 46.0 Å². The van der Waals surface area contributed by atoms with Crippen LogP contribution in [0.4, 0.5) is 5.69 Å². The fourth-order valence-corrected chi connectivity index (χ4v) is 2.36. The SMILES string of the molecule is CCC(C)c1ccccc1NC(=O)c1cncc(Br)c1. The van der Waals surface area contributed by atoms with Gasteiger partial charge in [0.1, 0.15) is 0 Å². The lowest BCUT2D eigenvalue weighted by atomic mass is 9.97. The Bertz CT molecular complexity index is 613. The average Bonchev–Trinajstić information content (AvgIpc) is 2.47. The molecule has 0 bridgehead atoms. The molecule has 0 fully saturated rings. The first-order valence-corrected chi connectivity index (χ1v) is 7.42. The molecule has 4 heteroatoms. The highest BCUT2D eigenvalue weighted by Gasteiger charge is 2.12. The van der Waals surface area contributed by atoms with Crippen LogP contribution in [0.5, 0.6) is 0 Å². The van der Waals surface area contributed by atoms with Gasteiger partial charge in [-0.15, -0.1) is 0 Å². The molecule has 0 aliphatic carbocycles. The van der Waals surface area contributed by atoms with Gasteiger partial charge in [0, 0.05) is 22.6 Å². The van der Waals surface area contributed by atoms with Crippen LogP contribution in [0.25, 0.3) is 0 Å². The highest BCUT2D eigenvalue weighted by atomic mass is 79.9. The molecule has 1 heterocycles. The summed E-state index contributed by atoms with van der Waals surface area (Å²) in [4.78, 5) is 16.3. The maximum Gasteiger partial charge on any atom is 0.257 e. The second-order valence-corrected chi connectivity index (χ2v) is 5.66. The Labute approximate surface area is 127 Å². The van der Waals surface area contributed by atoms with E-state index in [1.807, 2.05) is 18.2 Å². The van der Waals surface area contributed by atoms with E-state index in [-0.39, 0.29) is 5.91 Å². The van der Waals surface area contributed by atoms with Gasteiger partial charge in [0.15, 0.2) is 0 Å². The van der Waals surface area contributed by atoms with Gasteiger partial charge in [-0.25, -0.2) is 0 Å². The minimum atomic E-state index is -0.144. The van der Waals surface area contributed by atoms with E-state index in [1.165, 1.54) is 0 Å². The summed E-state index contributed by atoms with van der Waals surface area (Å²) in [5.41, 5.74) is 2.57.